The Hall–Kier alpha value is -1.56. The third-order valence-corrected chi connectivity index (χ3v) is 2.54. The number of H-pyrrole nitrogens is 1. The standard InChI is InChI=1S/C12H8N2O6.K.H2O.H/c15-9-7(10(16)17)8(11(18)19)14(12(20)13-9)6-4-2-1-3-5-6;;;/h1-5H,(H,16,17)(H,18,19)(H,13,15,20);;1H2;. The van der Waals surface area contributed by atoms with Gasteiger partial charge in [-0.1, -0.05) is 18.2 Å². The number of nitrogens with one attached hydrogen (secondary N) is 1. The molecule has 1 aromatic heterocycles. The average Bonchev–Trinajstić information content (AvgIpc) is 2.38. The minimum atomic E-state index is -1.73. The third kappa shape index (κ3) is 3.79. The molecule has 0 radical (unpaired) electrons. The van der Waals surface area contributed by atoms with Gasteiger partial charge in [0.1, 0.15) is 0 Å². The number of hydrogen-bond acceptors (Lipinski definition) is 4. The molecule has 0 aliphatic heterocycles. The molecule has 0 saturated carbocycles. The Balaban J connectivity index is 0.00000220. The van der Waals surface area contributed by atoms with Crippen LogP contribution in [0.3, 0.4) is 0 Å². The van der Waals surface area contributed by atoms with Crippen molar-refractivity contribution >= 4 is 63.3 Å². The Labute approximate surface area is 165 Å². The van der Waals surface area contributed by atoms with Crippen LogP contribution in [0.4, 0.5) is 0 Å². The quantitative estimate of drug-likeness (QED) is 0.576. The average molecular weight is 334 g/mol. The molecule has 0 aliphatic rings. The normalized spacial score (nSPS) is 9.27. The van der Waals surface area contributed by atoms with Crippen LogP contribution in [-0.2, 0) is 0 Å². The monoisotopic (exact) mass is 334 g/mol. The van der Waals surface area contributed by atoms with E-state index in [1.807, 2.05) is 0 Å². The van der Waals surface area contributed by atoms with Gasteiger partial charge in [0, 0.05) is 0 Å². The predicted molar refractivity (Wildman–Crippen MR) is 77.3 cm³/mol. The second-order valence-corrected chi connectivity index (χ2v) is 3.76. The zero-order valence-corrected chi connectivity index (χ0v) is 10.4. The summed E-state index contributed by atoms with van der Waals surface area (Å²) in [5.74, 6) is -3.41. The fraction of sp³-hybridized carbons (Fsp3) is 0. The number of aromatic amines is 1. The van der Waals surface area contributed by atoms with E-state index in [0.717, 1.165) is 0 Å². The van der Waals surface area contributed by atoms with Crippen molar-refractivity contribution in [1.29, 1.82) is 0 Å². The molecule has 9 nitrogen and oxygen atoms in total. The summed E-state index contributed by atoms with van der Waals surface area (Å²) in [6, 6.07) is 7.55. The molecule has 2 aromatic rings. The number of aromatic carboxylic acids is 2. The molecule has 1 aromatic carbocycles. The molecule has 22 heavy (non-hydrogen) atoms. The van der Waals surface area contributed by atoms with Crippen molar-refractivity contribution in [1.82, 2.24) is 9.55 Å². The molecule has 0 saturated heterocycles. The van der Waals surface area contributed by atoms with E-state index in [2.05, 4.69) is 0 Å². The Morgan fingerprint density at radius 1 is 1.00 bits per heavy atom. The second-order valence-electron chi connectivity index (χ2n) is 3.76. The summed E-state index contributed by atoms with van der Waals surface area (Å²) in [6.07, 6.45) is 0. The van der Waals surface area contributed by atoms with Crippen LogP contribution in [0.1, 0.15) is 20.8 Å². The molecule has 0 spiro atoms. The van der Waals surface area contributed by atoms with Crippen molar-refractivity contribution in [3.63, 3.8) is 0 Å². The summed E-state index contributed by atoms with van der Waals surface area (Å²) in [5.41, 5.74) is -4.04. The number of para-hydroxylation sites is 1. The van der Waals surface area contributed by atoms with Crippen LogP contribution < -0.4 is 11.2 Å². The summed E-state index contributed by atoms with van der Waals surface area (Å²) < 4.78 is 0.632. The maximum atomic E-state index is 11.8. The van der Waals surface area contributed by atoms with Gasteiger partial charge >= 0.3 is 69.0 Å². The molecule has 10 heteroatoms. The van der Waals surface area contributed by atoms with E-state index in [1.54, 1.807) is 23.2 Å². The Morgan fingerprint density at radius 2 is 1.55 bits per heavy atom. The van der Waals surface area contributed by atoms with Crippen molar-refractivity contribution in [2.75, 3.05) is 0 Å². The van der Waals surface area contributed by atoms with E-state index < -0.39 is 34.4 Å². The first kappa shape index (κ1) is 20.4. The summed E-state index contributed by atoms with van der Waals surface area (Å²) in [4.78, 5) is 47.4. The number of hydrogen-bond donors (Lipinski definition) is 3. The summed E-state index contributed by atoms with van der Waals surface area (Å²) in [5, 5.41) is 18.1. The van der Waals surface area contributed by atoms with Crippen LogP contribution in [0.2, 0.25) is 0 Å². The fourth-order valence-electron chi connectivity index (χ4n) is 1.76. The summed E-state index contributed by atoms with van der Waals surface area (Å²) in [6.45, 7) is 0. The first-order valence-corrected chi connectivity index (χ1v) is 5.35. The molecule has 0 bridgehead atoms. The van der Waals surface area contributed by atoms with Gasteiger partial charge in [-0.2, -0.15) is 0 Å². The first-order valence-electron chi connectivity index (χ1n) is 5.35. The number of rotatable bonds is 3. The van der Waals surface area contributed by atoms with E-state index >= 15 is 0 Å². The SMILES string of the molecule is O.O=C(O)c1c(C(=O)O)n(-c2ccccc2)c(=O)[nH]c1=O.[KH]. The van der Waals surface area contributed by atoms with E-state index in [-0.39, 0.29) is 62.5 Å². The number of carbonyl (C=O) groups is 2. The van der Waals surface area contributed by atoms with Crippen molar-refractivity contribution in [3.05, 3.63) is 62.4 Å². The molecule has 0 unspecified atom stereocenters. The van der Waals surface area contributed by atoms with Crippen LogP contribution in [-0.4, -0.2) is 88.6 Å². The van der Waals surface area contributed by atoms with Crippen molar-refractivity contribution in [3.8, 4) is 5.69 Å². The van der Waals surface area contributed by atoms with Gasteiger partial charge in [0.05, 0.1) is 5.69 Å². The van der Waals surface area contributed by atoms with Crippen LogP contribution in [0, 0.1) is 0 Å². The molecule has 1 heterocycles. The second kappa shape index (κ2) is 8.17. The van der Waals surface area contributed by atoms with Gasteiger partial charge in [0.2, 0.25) is 0 Å². The zero-order chi connectivity index (χ0) is 14.9. The number of nitrogens with zero attached hydrogens (tertiary/aromatic N) is 1. The number of carboxylic acids is 2. The van der Waals surface area contributed by atoms with Gasteiger partial charge in [-0.05, 0) is 12.1 Å². The number of aromatic nitrogens is 2. The van der Waals surface area contributed by atoms with Gasteiger partial charge in [-0.25, -0.2) is 14.4 Å². The topological polar surface area (TPSA) is 161 Å². The van der Waals surface area contributed by atoms with Crippen molar-refractivity contribution in [2.45, 2.75) is 0 Å². The van der Waals surface area contributed by atoms with Crippen molar-refractivity contribution < 1.29 is 25.3 Å². The molecule has 112 valence electrons. The van der Waals surface area contributed by atoms with Crippen LogP contribution in [0.5, 0.6) is 0 Å². The van der Waals surface area contributed by atoms with Gasteiger partial charge in [0.25, 0.3) is 5.56 Å². The number of benzene rings is 1. The summed E-state index contributed by atoms with van der Waals surface area (Å²) >= 11 is 0. The fourth-order valence-corrected chi connectivity index (χ4v) is 1.76. The van der Waals surface area contributed by atoms with Crippen LogP contribution in [0.25, 0.3) is 5.69 Å². The molecular weight excluding hydrogens is 323 g/mol. The Morgan fingerprint density at radius 3 is 2.00 bits per heavy atom. The van der Waals surface area contributed by atoms with E-state index in [4.69, 9.17) is 10.2 Å². The summed E-state index contributed by atoms with van der Waals surface area (Å²) in [7, 11) is 0. The van der Waals surface area contributed by atoms with E-state index in [9.17, 15) is 19.2 Å². The first-order chi connectivity index (χ1) is 9.43. The molecular formula is C12H11KN2O7. The van der Waals surface area contributed by atoms with Gasteiger partial charge in [-0.15, -0.1) is 0 Å². The molecule has 0 aliphatic carbocycles. The Kier molecular flexibility index (Phi) is 7.59. The molecule has 0 fully saturated rings. The Bertz CT molecular complexity index is 810. The maximum absolute atomic E-state index is 11.8. The number of carboxylic acid groups (broad SMARTS) is 2. The molecule has 0 atom stereocenters. The molecule has 0 amide bonds. The van der Waals surface area contributed by atoms with Gasteiger partial charge in [0.15, 0.2) is 11.3 Å². The third-order valence-electron chi connectivity index (χ3n) is 2.54. The molecule has 5 N–H and O–H groups in total. The predicted octanol–water partition coefficient (Wildman–Crippen LogP) is -1.55. The van der Waals surface area contributed by atoms with Gasteiger partial charge < -0.3 is 15.7 Å². The minimum absolute atomic E-state index is 0. The molecule has 2 rings (SSSR count). The zero-order valence-electron chi connectivity index (χ0n) is 10.4. The van der Waals surface area contributed by atoms with Crippen LogP contribution in [0.15, 0.2) is 39.9 Å². The van der Waals surface area contributed by atoms with Crippen LogP contribution >= 0.6 is 0 Å². The van der Waals surface area contributed by atoms with Gasteiger partial charge in [-0.3, -0.25) is 14.3 Å². The van der Waals surface area contributed by atoms with E-state index in [0.29, 0.717) is 4.57 Å². The van der Waals surface area contributed by atoms with Crippen molar-refractivity contribution in [2.24, 2.45) is 0 Å². The van der Waals surface area contributed by atoms with E-state index in [1.165, 1.54) is 12.1 Å².